The van der Waals surface area contributed by atoms with Crippen molar-refractivity contribution in [2.45, 2.75) is 13.3 Å². The lowest BCUT2D eigenvalue weighted by molar-refractivity contribution is -0.114. The standard InChI is InChI=1S/C13H12FN3OS/c1-8-3-5-10(6-4-8)7-11-16-17-13(19-11)15-12(18)9(2)14/h3-6H,2,7H2,1H3,(H,15,17,18). The first-order valence-electron chi connectivity index (χ1n) is 5.58. The van der Waals surface area contributed by atoms with Gasteiger partial charge in [0.25, 0.3) is 5.91 Å². The molecule has 1 heterocycles. The minimum Gasteiger partial charge on any atom is -0.294 e. The van der Waals surface area contributed by atoms with Gasteiger partial charge in [0.15, 0.2) is 5.83 Å². The average Bonchev–Trinajstić information content (AvgIpc) is 2.79. The third kappa shape index (κ3) is 3.69. The molecule has 2 rings (SSSR count). The molecule has 2 aromatic rings. The molecular weight excluding hydrogens is 265 g/mol. The number of hydrogen-bond donors (Lipinski definition) is 1. The van der Waals surface area contributed by atoms with Crippen LogP contribution in [0, 0.1) is 6.92 Å². The van der Waals surface area contributed by atoms with Gasteiger partial charge in [-0.2, -0.15) is 0 Å². The second-order valence-corrected chi connectivity index (χ2v) is 5.08. The Labute approximate surface area is 114 Å². The van der Waals surface area contributed by atoms with Gasteiger partial charge in [-0.3, -0.25) is 10.1 Å². The Morgan fingerprint density at radius 3 is 2.68 bits per heavy atom. The highest BCUT2D eigenvalue weighted by Gasteiger charge is 2.10. The van der Waals surface area contributed by atoms with Crippen LogP contribution in [0.3, 0.4) is 0 Å². The maximum absolute atomic E-state index is 12.5. The number of nitrogens with zero attached hydrogens (tertiary/aromatic N) is 2. The lowest BCUT2D eigenvalue weighted by atomic mass is 10.1. The Bertz CT molecular complexity index is 607. The molecule has 6 heteroatoms. The van der Waals surface area contributed by atoms with Gasteiger partial charge in [0.1, 0.15) is 5.01 Å². The molecule has 0 spiro atoms. The van der Waals surface area contributed by atoms with Gasteiger partial charge in [0.2, 0.25) is 5.13 Å². The number of anilines is 1. The summed E-state index contributed by atoms with van der Waals surface area (Å²) in [5, 5.41) is 11.0. The van der Waals surface area contributed by atoms with Crippen molar-refractivity contribution in [3.8, 4) is 0 Å². The highest BCUT2D eigenvalue weighted by Crippen LogP contribution is 2.19. The quantitative estimate of drug-likeness (QED) is 0.874. The molecule has 0 aliphatic carbocycles. The molecule has 0 aliphatic heterocycles. The molecule has 0 fully saturated rings. The van der Waals surface area contributed by atoms with E-state index in [1.807, 2.05) is 31.2 Å². The number of carbonyl (C=O) groups is 1. The van der Waals surface area contributed by atoms with Crippen molar-refractivity contribution in [2.75, 3.05) is 5.32 Å². The van der Waals surface area contributed by atoms with Crippen LogP contribution in [0.25, 0.3) is 0 Å². The number of carbonyl (C=O) groups excluding carboxylic acids is 1. The maximum atomic E-state index is 12.5. The zero-order valence-electron chi connectivity index (χ0n) is 10.3. The van der Waals surface area contributed by atoms with Crippen LogP contribution in [-0.4, -0.2) is 16.1 Å². The summed E-state index contributed by atoms with van der Waals surface area (Å²) < 4.78 is 12.5. The molecule has 1 aromatic carbocycles. The second kappa shape index (κ2) is 5.71. The van der Waals surface area contributed by atoms with Crippen LogP contribution in [0.4, 0.5) is 9.52 Å². The summed E-state index contributed by atoms with van der Waals surface area (Å²) in [5.74, 6) is -1.94. The first kappa shape index (κ1) is 13.4. The summed E-state index contributed by atoms with van der Waals surface area (Å²) in [6.45, 7) is 4.93. The lowest BCUT2D eigenvalue weighted by Gasteiger charge is -1.98. The fourth-order valence-electron chi connectivity index (χ4n) is 1.42. The molecule has 0 unspecified atom stereocenters. The third-order valence-electron chi connectivity index (χ3n) is 2.41. The molecule has 1 N–H and O–H groups in total. The van der Waals surface area contributed by atoms with Crippen LogP contribution in [0.15, 0.2) is 36.7 Å². The van der Waals surface area contributed by atoms with Crippen molar-refractivity contribution < 1.29 is 9.18 Å². The van der Waals surface area contributed by atoms with Crippen LogP contribution in [0.5, 0.6) is 0 Å². The van der Waals surface area contributed by atoms with E-state index in [9.17, 15) is 9.18 Å². The van der Waals surface area contributed by atoms with E-state index in [2.05, 4.69) is 22.1 Å². The largest absolute Gasteiger partial charge is 0.294 e. The Hall–Kier alpha value is -2.08. The zero-order chi connectivity index (χ0) is 13.8. The van der Waals surface area contributed by atoms with Gasteiger partial charge < -0.3 is 0 Å². The van der Waals surface area contributed by atoms with Crippen molar-refractivity contribution >= 4 is 22.4 Å². The Morgan fingerprint density at radius 1 is 1.37 bits per heavy atom. The SMILES string of the molecule is C=C(F)C(=O)Nc1nnc(Cc2ccc(C)cc2)s1. The molecule has 0 bridgehead atoms. The molecule has 19 heavy (non-hydrogen) atoms. The van der Waals surface area contributed by atoms with E-state index in [4.69, 9.17) is 0 Å². The summed E-state index contributed by atoms with van der Waals surface area (Å²) in [4.78, 5) is 11.1. The number of hydrogen-bond acceptors (Lipinski definition) is 4. The molecule has 0 aliphatic rings. The van der Waals surface area contributed by atoms with Crippen molar-refractivity contribution in [3.63, 3.8) is 0 Å². The number of amides is 1. The highest BCUT2D eigenvalue weighted by atomic mass is 32.1. The minimum atomic E-state index is -1.05. The predicted octanol–water partition coefficient (Wildman–Crippen LogP) is 2.86. The molecule has 0 radical (unpaired) electrons. The van der Waals surface area contributed by atoms with Crippen LogP contribution in [-0.2, 0) is 11.2 Å². The first-order valence-corrected chi connectivity index (χ1v) is 6.40. The molecule has 98 valence electrons. The molecule has 1 amide bonds. The second-order valence-electron chi connectivity index (χ2n) is 4.02. The van der Waals surface area contributed by atoms with E-state index in [1.54, 1.807) is 0 Å². The van der Waals surface area contributed by atoms with E-state index in [1.165, 1.54) is 16.9 Å². The highest BCUT2D eigenvalue weighted by molar-refractivity contribution is 7.15. The van der Waals surface area contributed by atoms with E-state index in [0.29, 0.717) is 6.42 Å². The smallest absolute Gasteiger partial charge is 0.285 e. The van der Waals surface area contributed by atoms with Crippen LogP contribution >= 0.6 is 11.3 Å². The van der Waals surface area contributed by atoms with Gasteiger partial charge in [-0.25, -0.2) is 4.39 Å². The topological polar surface area (TPSA) is 54.9 Å². The van der Waals surface area contributed by atoms with E-state index in [-0.39, 0.29) is 5.13 Å². The van der Waals surface area contributed by atoms with Crippen LogP contribution in [0.1, 0.15) is 16.1 Å². The number of aryl methyl sites for hydroxylation is 1. The Morgan fingerprint density at radius 2 is 2.05 bits per heavy atom. The Balaban J connectivity index is 2.03. The van der Waals surface area contributed by atoms with Crippen molar-refractivity contribution in [1.82, 2.24) is 10.2 Å². The molecule has 4 nitrogen and oxygen atoms in total. The van der Waals surface area contributed by atoms with Crippen molar-refractivity contribution in [2.24, 2.45) is 0 Å². The number of halogens is 1. The van der Waals surface area contributed by atoms with Gasteiger partial charge in [-0.1, -0.05) is 47.7 Å². The van der Waals surface area contributed by atoms with Gasteiger partial charge in [-0.05, 0) is 12.5 Å². The summed E-state index contributed by atoms with van der Waals surface area (Å²) in [5.41, 5.74) is 2.30. The van der Waals surface area contributed by atoms with E-state index < -0.39 is 11.7 Å². The number of nitrogens with one attached hydrogen (secondary N) is 1. The van der Waals surface area contributed by atoms with Gasteiger partial charge in [0.05, 0.1) is 0 Å². The number of rotatable bonds is 4. The molecule has 0 saturated carbocycles. The van der Waals surface area contributed by atoms with E-state index in [0.717, 1.165) is 10.6 Å². The average molecular weight is 277 g/mol. The first-order chi connectivity index (χ1) is 9.04. The van der Waals surface area contributed by atoms with Crippen LogP contribution in [0.2, 0.25) is 0 Å². The summed E-state index contributed by atoms with van der Waals surface area (Å²) in [7, 11) is 0. The summed E-state index contributed by atoms with van der Waals surface area (Å²) >= 11 is 1.22. The maximum Gasteiger partial charge on any atom is 0.285 e. The zero-order valence-corrected chi connectivity index (χ0v) is 11.1. The lowest BCUT2D eigenvalue weighted by Crippen LogP contribution is -2.10. The van der Waals surface area contributed by atoms with Gasteiger partial charge >= 0.3 is 0 Å². The van der Waals surface area contributed by atoms with Gasteiger partial charge in [0, 0.05) is 6.42 Å². The van der Waals surface area contributed by atoms with E-state index >= 15 is 0 Å². The Kier molecular flexibility index (Phi) is 4.01. The van der Waals surface area contributed by atoms with Crippen molar-refractivity contribution in [1.29, 1.82) is 0 Å². The molecule has 0 atom stereocenters. The third-order valence-corrected chi connectivity index (χ3v) is 3.25. The predicted molar refractivity (Wildman–Crippen MR) is 72.8 cm³/mol. The molecule has 1 aromatic heterocycles. The monoisotopic (exact) mass is 277 g/mol. The molecule has 0 saturated heterocycles. The molecular formula is C13H12FN3OS. The van der Waals surface area contributed by atoms with Crippen LogP contribution < -0.4 is 5.32 Å². The number of aromatic nitrogens is 2. The van der Waals surface area contributed by atoms with Crippen molar-refractivity contribution in [3.05, 3.63) is 52.8 Å². The van der Waals surface area contributed by atoms with Gasteiger partial charge in [-0.15, -0.1) is 10.2 Å². The minimum absolute atomic E-state index is 0.269. The number of benzene rings is 1. The summed E-state index contributed by atoms with van der Waals surface area (Å²) in [6.07, 6.45) is 0.629. The fraction of sp³-hybridized carbons (Fsp3) is 0.154. The normalized spacial score (nSPS) is 10.2. The fourth-order valence-corrected chi connectivity index (χ4v) is 2.19. The summed E-state index contributed by atoms with van der Waals surface area (Å²) in [6, 6.07) is 8.06.